The predicted molar refractivity (Wildman–Crippen MR) is 76.1 cm³/mol. The first-order valence-corrected chi connectivity index (χ1v) is 7.97. The molecule has 1 aliphatic heterocycles. The molecule has 0 aromatic rings. The maximum atomic E-state index is 3.87. The lowest BCUT2D eigenvalue weighted by atomic mass is 9.85. The fourth-order valence-corrected chi connectivity index (χ4v) is 5.41. The van der Waals surface area contributed by atoms with E-state index in [1.807, 2.05) is 33.3 Å². The molecule has 1 rings (SSSR count). The zero-order valence-corrected chi connectivity index (χ0v) is 10.7. The standard InChI is InChI=1S/C9H17B3N3Si/c1-4-7-16(8-5-2,9-6-3)15-11-13-10-14-12-15/h4-6,13-14H,1-3,7-9H2. The van der Waals surface area contributed by atoms with Gasteiger partial charge in [-0.1, -0.05) is 18.2 Å². The molecule has 3 nitrogen and oxygen atoms in total. The summed E-state index contributed by atoms with van der Waals surface area (Å²) in [5, 5.41) is 6.16. The van der Waals surface area contributed by atoms with E-state index in [2.05, 4.69) is 34.4 Å². The van der Waals surface area contributed by atoms with Crippen LogP contribution in [0.2, 0.25) is 18.1 Å². The van der Waals surface area contributed by atoms with Crippen LogP contribution in [0.5, 0.6) is 0 Å². The first-order valence-electron chi connectivity index (χ1n) is 5.40. The van der Waals surface area contributed by atoms with Gasteiger partial charge in [0.2, 0.25) is 0 Å². The molecular formula is C9H17B3N3Si. The molecule has 0 spiro atoms. The Kier molecular flexibility index (Phi) is 5.90. The third-order valence-corrected chi connectivity index (χ3v) is 7.21. The van der Waals surface area contributed by atoms with Crippen LogP contribution in [0.15, 0.2) is 38.0 Å². The van der Waals surface area contributed by atoms with Gasteiger partial charge in [0.1, 0.15) is 8.24 Å². The van der Waals surface area contributed by atoms with Crippen molar-refractivity contribution >= 4 is 30.9 Å². The molecule has 7 heteroatoms. The van der Waals surface area contributed by atoms with E-state index in [-0.39, 0.29) is 0 Å². The summed E-state index contributed by atoms with van der Waals surface area (Å²) in [6, 6.07) is 3.05. The molecule has 16 heavy (non-hydrogen) atoms. The molecule has 0 bridgehead atoms. The van der Waals surface area contributed by atoms with Crippen molar-refractivity contribution in [1.29, 1.82) is 0 Å². The molecule has 0 aromatic carbocycles. The minimum atomic E-state index is -1.67. The number of allylic oxidation sites excluding steroid dienone is 3. The Morgan fingerprint density at radius 2 is 1.38 bits per heavy atom. The first-order chi connectivity index (χ1) is 7.79. The Balaban J connectivity index is 2.82. The minimum absolute atomic E-state index is 1.02. The van der Waals surface area contributed by atoms with Crippen LogP contribution in [-0.2, 0) is 0 Å². The fourth-order valence-electron chi connectivity index (χ4n) is 1.97. The lowest BCUT2D eigenvalue weighted by Gasteiger charge is -2.43. The van der Waals surface area contributed by atoms with E-state index >= 15 is 0 Å². The summed E-state index contributed by atoms with van der Waals surface area (Å²) in [4.78, 5) is 0. The average molecular weight is 228 g/mol. The summed E-state index contributed by atoms with van der Waals surface area (Å²) in [6.45, 7) is 11.6. The van der Waals surface area contributed by atoms with Gasteiger partial charge in [-0.3, -0.25) is 0 Å². The van der Waals surface area contributed by atoms with Crippen molar-refractivity contribution in [2.75, 3.05) is 0 Å². The van der Waals surface area contributed by atoms with Crippen molar-refractivity contribution in [1.82, 2.24) is 14.7 Å². The van der Waals surface area contributed by atoms with Gasteiger partial charge in [-0.2, -0.15) is 0 Å². The van der Waals surface area contributed by atoms with E-state index in [0.29, 0.717) is 0 Å². The Bertz CT molecular complexity index is 230. The fraction of sp³-hybridized carbons (Fsp3) is 0.333. The summed E-state index contributed by atoms with van der Waals surface area (Å²) in [5.41, 5.74) is 0. The van der Waals surface area contributed by atoms with Crippen molar-refractivity contribution in [2.24, 2.45) is 0 Å². The largest absolute Gasteiger partial charge is 0.387 e. The number of nitrogens with zero attached hydrogens (tertiary/aromatic N) is 1. The molecular weight excluding hydrogens is 211 g/mol. The van der Waals surface area contributed by atoms with Crippen molar-refractivity contribution in [2.45, 2.75) is 18.1 Å². The Hall–Kier alpha value is -0.488. The summed E-state index contributed by atoms with van der Waals surface area (Å²) >= 11 is 0. The third kappa shape index (κ3) is 3.25. The maximum absolute atomic E-state index is 3.87. The molecule has 0 atom stereocenters. The number of hydrogen-bond donors (Lipinski definition) is 2. The highest BCUT2D eigenvalue weighted by atomic mass is 28.3. The van der Waals surface area contributed by atoms with Gasteiger partial charge in [-0.15, -0.1) is 19.7 Å². The highest BCUT2D eigenvalue weighted by molar-refractivity contribution is 6.91. The van der Waals surface area contributed by atoms with E-state index in [0.717, 1.165) is 18.1 Å². The molecule has 1 heterocycles. The van der Waals surface area contributed by atoms with Gasteiger partial charge in [0.15, 0.2) is 0 Å². The van der Waals surface area contributed by atoms with Crippen LogP contribution in [0, 0.1) is 0 Å². The second-order valence-electron chi connectivity index (χ2n) is 3.85. The van der Waals surface area contributed by atoms with Crippen LogP contribution in [0.1, 0.15) is 0 Å². The van der Waals surface area contributed by atoms with Crippen LogP contribution in [0.3, 0.4) is 0 Å². The lowest BCUT2D eigenvalue weighted by molar-refractivity contribution is 0.915. The molecule has 0 aromatic heterocycles. The highest BCUT2D eigenvalue weighted by Crippen LogP contribution is 2.25. The van der Waals surface area contributed by atoms with Crippen LogP contribution >= 0.6 is 0 Å². The topological polar surface area (TPSA) is 27.3 Å². The molecule has 1 saturated heterocycles. The van der Waals surface area contributed by atoms with Gasteiger partial charge < -0.3 is 14.7 Å². The van der Waals surface area contributed by atoms with Crippen LogP contribution in [0.25, 0.3) is 0 Å². The molecule has 0 unspecified atom stereocenters. The Morgan fingerprint density at radius 1 is 0.938 bits per heavy atom. The van der Waals surface area contributed by atoms with Crippen molar-refractivity contribution in [3.05, 3.63) is 38.0 Å². The SMILES string of the molecule is C=CC[Si](CC=C)(CC=C)N1[B]N[B]N[B]1. The zero-order valence-electron chi connectivity index (χ0n) is 9.65. The quantitative estimate of drug-likeness (QED) is 0.493. The van der Waals surface area contributed by atoms with E-state index < -0.39 is 8.24 Å². The summed E-state index contributed by atoms with van der Waals surface area (Å²) in [7, 11) is 4.12. The number of rotatable bonds is 7. The molecule has 3 radical (unpaired) electrons. The summed E-state index contributed by atoms with van der Waals surface area (Å²) < 4.78 is 2.26. The molecule has 2 N–H and O–H groups in total. The second-order valence-corrected chi connectivity index (χ2v) is 8.04. The van der Waals surface area contributed by atoms with Crippen molar-refractivity contribution < 1.29 is 0 Å². The average Bonchev–Trinajstić information content (AvgIpc) is 2.31. The summed E-state index contributed by atoms with van der Waals surface area (Å²) in [5.74, 6) is 0. The molecule has 81 valence electrons. The van der Waals surface area contributed by atoms with Crippen LogP contribution < -0.4 is 10.3 Å². The zero-order chi connectivity index (χ0) is 11.9. The van der Waals surface area contributed by atoms with Crippen LogP contribution in [-0.4, -0.2) is 35.3 Å². The summed E-state index contributed by atoms with van der Waals surface area (Å²) in [6.07, 6.45) is 6.00. The molecule has 0 saturated carbocycles. The van der Waals surface area contributed by atoms with Gasteiger partial charge in [-0.25, -0.2) is 0 Å². The van der Waals surface area contributed by atoms with E-state index in [9.17, 15) is 0 Å². The number of hydrogen-bond acceptors (Lipinski definition) is 3. The molecule has 1 aliphatic rings. The van der Waals surface area contributed by atoms with Gasteiger partial charge >= 0.3 is 0 Å². The third-order valence-electron chi connectivity index (χ3n) is 2.71. The van der Waals surface area contributed by atoms with E-state index in [1.165, 1.54) is 0 Å². The van der Waals surface area contributed by atoms with E-state index in [4.69, 9.17) is 0 Å². The smallest absolute Gasteiger partial charge is 0.284 e. The molecule has 0 amide bonds. The van der Waals surface area contributed by atoms with Gasteiger partial charge in [0, 0.05) is 0 Å². The molecule has 1 fully saturated rings. The second kappa shape index (κ2) is 6.96. The van der Waals surface area contributed by atoms with Gasteiger partial charge in [0.25, 0.3) is 22.6 Å². The van der Waals surface area contributed by atoms with Crippen molar-refractivity contribution in [3.63, 3.8) is 0 Å². The number of nitrogens with one attached hydrogen (secondary N) is 2. The minimum Gasteiger partial charge on any atom is -0.387 e. The first kappa shape index (κ1) is 13.6. The predicted octanol–water partition coefficient (Wildman–Crippen LogP) is 0.587. The van der Waals surface area contributed by atoms with Crippen molar-refractivity contribution in [3.8, 4) is 0 Å². The van der Waals surface area contributed by atoms with E-state index in [1.54, 1.807) is 7.55 Å². The Labute approximate surface area is 102 Å². The van der Waals surface area contributed by atoms with Gasteiger partial charge in [0.05, 0.1) is 0 Å². The monoisotopic (exact) mass is 228 g/mol. The normalized spacial score (nSPS) is 16.5. The highest BCUT2D eigenvalue weighted by Gasteiger charge is 2.37. The van der Waals surface area contributed by atoms with Gasteiger partial charge in [-0.05, 0) is 18.1 Å². The molecule has 0 aliphatic carbocycles. The lowest BCUT2D eigenvalue weighted by Crippen LogP contribution is -2.67. The van der Waals surface area contributed by atoms with Crippen LogP contribution in [0.4, 0.5) is 0 Å². The Morgan fingerprint density at radius 3 is 1.75 bits per heavy atom. The maximum Gasteiger partial charge on any atom is 0.284 e.